The van der Waals surface area contributed by atoms with Crippen LogP contribution in [0.3, 0.4) is 0 Å². The summed E-state index contributed by atoms with van der Waals surface area (Å²) in [5, 5.41) is 0. The Morgan fingerprint density at radius 1 is 1.04 bits per heavy atom. The highest BCUT2D eigenvalue weighted by Crippen LogP contribution is 2.53. The van der Waals surface area contributed by atoms with Crippen LogP contribution in [0.15, 0.2) is 18.5 Å². The Hall–Kier alpha value is -1.12. The lowest BCUT2D eigenvalue weighted by molar-refractivity contribution is 0.00892. The molecule has 0 amide bonds. The zero-order valence-electron chi connectivity index (χ0n) is 15.4. The van der Waals surface area contributed by atoms with Gasteiger partial charge in [0.2, 0.25) is 0 Å². The van der Waals surface area contributed by atoms with Gasteiger partial charge in [0, 0.05) is 12.4 Å². The Bertz CT molecular complexity index is 464. The van der Waals surface area contributed by atoms with E-state index in [0.29, 0.717) is 11.4 Å². The monoisotopic (exact) mass is 330 g/mol. The standard InChI is InChI=1S/C21H34N2O/c1-2-12-21(13-6-3-7-14-21)19-10-5-4-9-18(19)11-17-24-20-22-15-8-16-23-20/h8,15-16,18-19H,2-7,9-14,17H2,1H3/t18-,19+/m1/s1. The molecule has 2 saturated carbocycles. The van der Waals surface area contributed by atoms with E-state index in [-0.39, 0.29) is 0 Å². The first-order valence-corrected chi connectivity index (χ1v) is 10.2. The van der Waals surface area contributed by atoms with Crippen LogP contribution in [0.25, 0.3) is 0 Å². The van der Waals surface area contributed by atoms with E-state index in [1.165, 1.54) is 77.0 Å². The van der Waals surface area contributed by atoms with Crippen molar-refractivity contribution in [3.63, 3.8) is 0 Å². The lowest BCUT2D eigenvalue weighted by Gasteiger charge is -2.49. The van der Waals surface area contributed by atoms with E-state index in [0.717, 1.165) is 18.4 Å². The molecule has 3 heteroatoms. The zero-order valence-corrected chi connectivity index (χ0v) is 15.4. The summed E-state index contributed by atoms with van der Waals surface area (Å²) in [6, 6.07) is 2.37. The van der Waals surface area contributed by atoms with Gasteiger partial charge in [-0.05, 0) is 55.4 Å². The number of ether oxygens (including phenoxy) is 1. The summed E-state index contributed by atoms with van der Waals surface area (Å²) >= 11 is 0. The molecule has 0 N–H and O–H groups in total. The predicted octanol–water partition coefficient (Wildman–Crippen LogP) is 5.80. The summed E-state index contributed by atoms with van der Waals surface area (Å²) in [5.41, 5.74) is 0.640. The SMILES string of the molecule is CCCC1([C@H]2CCCC[C@@H]2CCOc2ncccn2)CCCCC1. The topological polar surface area (TPSA) is 35.0 Å². The minimum absolute atomic E-state index is 0.533. The van der Waals surface area contributed by atoms with Gasteiger partial charge in [0.05, 0.1) is 6.61 Å². The molecule has 0 aromatic carbocycles. The van der Waals surface area contributed by atoms with Crippen molar-refractivity contribution in [1.29, 1.82) is 0 Å². The summed E-state index contributed by atoms with van der Waals surface area (Å²) < 4.78 is 5.82. The van der Waals surface area contributed by atoms with Crippen LogP contribution in [-0.4, -0.2) is 16.6 Å². The molecular weight excluding hydrogens is 296 g/mol. The van der Waals surface area contributed by atoms with Crippen LogP contribution in [-0.2, 0) is 0 Å². The van der Waals surface area contributed by atoms with E-state index in [4.69, 9.17) is 4.74 Å². The first kappa shape index (κ1) is 17.7. The van der Waals surface area contributed by atoms with Gasteiger partial charge in [-0.15, -0.1) is 0 Å². The maximum atomic E-state index is 5.82. The van der Waals surface area contributed by atoms with Crippen LogP contribution >= 0.6 is 0 Å². The highest BCUT2D eigenvalue weighted by Gasteiger charge is 2.43. The van der Waals surface area contributed by atoms with E-state index >= 15 is 0 Å². The fourth-order valence-corrected chi connectivity index (χ4v) is 5.58. The van der Waals surface area contributed by atoms with E-state index in [1.807, 2.05) is 6.07 Å². The Morgan fingerprint density at radius 2 is 1.79 bits per heavy atom. The van der Waals surface area contributed by atoms with Gasteiger partial charge in [-0.1, -0.05) is 51.9 Å². The third-order valence-corrected chi connectivity index (χ3v) is 6.55. The first-order valence-electron chi connectivity index (χ1n) is 10.2. The van der Waals surface area contributed by atoms with Crippen molar-refractivity contribution >= 4 is 0 Å². The third-order valence-electron chi connectivity index (χ3n) is 6.55. The first-order chi connectivity index (χ1) is 11.8. The minimum atomic E-state index is 0.533. The van der Waals surface area contributed by atoms with Gasteiger partial charge in [-0.25, -0.2) is 9.97 Å². The smallest absolute Gasteiger partial charge is 0.316 e. The second kappa shape index (κ2) is 8.82. The molecule has 0 aliphatic heterocycles. The molecule has 0 spiro atoms. The lowest BCUT2D eigenvalue weighted by atomic mass is 9.56. The van der Waals surface area contributed by atoms with E-state index in [2.05, 4.69) is 16.9 Å². The van der Waals surface area contributed by atoms with Gasteiger partial charge >= 0.3 is 6.01 Å². The average Bonchev–Trinajstić information content (AvgIpc) is 2.64. The Balaban J connectivity index is 1.61. The molecule has 0 bridgehead atoms. The van der Waals surface area contributed by atoms with Crippen molar-refractivity contribution in [2.45, 2.75) is 84.0 Å². The van der Waals surface area contributed by atoms with Crippen molar-refractivity contribution in [3.05, 3.63) is 18.5 Å². The largest absolute Gasteiger partial charge is 0.463 e. The second-order valence-electron chi connectivity index (χ2n) is 7.99. The normalized spacial score (nSPS) is 26.9. The van der Waals surface area contributed by atoms with Gasteiger partial charge in [-0.3, -0.25) is 0 Å². The van der Waals surface area contributed by atoms with Crippen molar-refractivity contribution in [1.82, 2.24) is 9.97 Å². The predicted molar refractivity (Wildman–Crippen MR) is 98.0 cm³/mol. The fraction of sp³-hybridized carbons (Fsp3) is 0.810. The summed E-state index contributed by atoms with van der Waals surface area (Å²) in [6.07, 6.45) is 20.5. The van der Waals surface area contributed by atoms with Gasteiger partial charge < -0.3 is 4.74 Å². The summed E-state index contributed by atoms with van der Waals surface area (Å²) in [5.74, 6) is 1.76. The van der Waals surface area contributed by atoms with Gasteiger partial charge in [0.25, 0.3) is 0 Å². The molecule has 3 nitrogen and oxygen atoms in total. The number of hydrogen-bond donors (Lipinski definition) is 0. The lowest BCUT2D eigenvalue weighted by Crippen LogP contribution is -2.39. The van der Waals surface area contributed by atoms with Crippen LogP contribution in [0, 0.1) is 17.3 Å². The van der Waals surface area contributed by atoms with Crippen LogP contribution < -0.4 is 4.74 Å². The molecule has 2 fully saturated rings. The molecule has 24 heavy (non-hydrogen) atoms. The number of rotatable bonds is 7. The van der Waals surface area contributed by atoms with Gasteiger partial charge in [0.1, 0.15) is 0 Å². The van der Waals surface area contributed by atoms with Crippen LogP contribution in [0.1, 0.15) is 84.0 Å². The molecule has 1 heterocycles. The van der Waals surface area contributed by atoms with Crippen LogP contribution in [0.2, 0.25) is 0 Å². The number of aromatic nitrogens is 2. The highest BCUT2D eigenvalue weighted by atomic mass is 16.5. The fourth-order valence-electron chi connectivity index (χ4n) is 5.58. The van der Waals surface area contributed by atoms with E-state index < -0.39 is 0 Å². The maximum absolute atomic E-state index is 5.82. The summed E-state index contributed by atoms with van der Waals surface area (Å²) in [4.78, 5) is 8.36. The molecule has 2 aliphatic carbocycles. The third kappa shape index (κ3) is 4.29. The zero-order chi connectivity index (χ0) is 16.7. The molecule has 0 saturated heterocycles. The molecule has 1 aromatic heterocycles. The van der Waals surface area contributed by atoms with Crippen molar-refractivity contribution < 1.29 is 4.74 Å². The number of hydrogen-bond acceptors (Lipinski definition) is 3. The van der Waals surface area contributed by atoms with Crippen molar-refractivity contribution in [2.75, 3.05) is 6.61 Å². The summed E-state index contributed by atoms with van der Waals surface area (Å²) in [7, 11) is 0. The average molecular weight is 331 g/mol. The van der Waals surface area contributed by atoms with Crippen LogP contribution in [0.4, 0.5) is 0 Å². The van der Waals surface area contributed by atoms with E-state index in [9.17, 15) is 0 Å². The molecule has 134 valence electrons. The van der Waals surface area contributed by atoms with Crippen LogP contribution in [0.5, 0.6) is 6.01 Å². The molecule has 1 aromatic rings. The quantitative estimate of drug-likeness (QED) is 0.633. The van der Waals surface area contributed by atoms with Gasteiger partial charge in [-0.2, -0.15) is 0 Å². The van der Waals surface area contributed by atoms with Crippen molar-refractivity contribution in [3.8, 4) is 6.01 Å². The Morgan fingerprint density at radius 3 is 2.54 bits per heavy atom. The minimum Gasteiger partial charge on any atom is -0.463 e. The molecule has 2 aliphatic rings. The molecule has 0 unspecified atom stereocenters. The second-order valence-corrected chi connectivity index (χ2v) is 7.99. The summed E-state index contributed by atoms with van der Waals surface area (Å²) in [6.45, 7) is 3.15. The molecule has 3 rings (SSSR count). The molecule has 0 radical (unpaired) electrons. The Labute approximate surface area is 147 Å². The van der Waals surface area contributed by atoms with Gasteiger partial charge in [0.15, 0.2) is 0 Å². The Kier molecular flexibility index (Phi) is 6.51. The van der Waals surface area contributed by atoms with E-state index in [1.54, 1.807) is 12.4 Å². The maximum Gasteiger partial charge on any atom is 0.316 e. The highest BCUT2D eigenvalue weighted by molar-refractivity contribution is 4.95. The number of nitrogens with zero attached hydrogens (tertiary/aromatic N) is 2. The van der Waals surface area contributed by atoms with Crippen molar-refractivity contribution in [2.24, 2.45) is 17.3 Å². The molecular formula is C21H34N2O. The molecule has 2 atom stereocenters.